The zero-order valence-electron chi connectivity index (χ0n) is 21.5. The van der Waals surface area contributed by atoms with Crippen LogP contribution < -0.4 is 15.5 Å². The number of carbonyl (C=O) groups is 1. The van der Waals surface area contributed by atoms with E-state index >= 15 is 0 Å². The first-order valence-electron chi connectivity index (χ1n) is 13.1. The lowest BCUT2D eigenvalue weighted by atomic mass is 10.1. The molecule has 0 unspecified atom stereocenters. The van der Waals surface area contributed by atoms with Crippen molar-refractivity contribution in [1.29, 1.82) is 0 Å². The zero-order chi connectivity index (χ0) is 26.1. The first-order valence-corrected chi connectivity index (χ1v) is 13.4. The van der Waals surface area contributed by atoms with Crippen LogP contribution in [-0.4, -0.2) is 64.1 Å². The summed E-state index contributed by atoms with van der Waals surface area (Å²) in [5, 5.41) is 1.28. The number of anilines is 2. The number of nitrogens with zero attached hydrogens (tertiary/aromatic N) is 6. The number of pyridine rings is 1. The highest BCUT2D eigenvalue weighted by Gasteiger charge is 2.30. The minimum atomic E-state index is -0.370. The molecule has 0 aliphatic carbocycles. The summed E-state index contributed by atoms with van der Waals surface area (Å²) in [5.41, 5.74) is 2.06. The average molecular weight is 521 g/mol. The molecule has 37 heavy (non-hydrogen) atoms. The van der Waals surface area contributed by atoms with Crippen LogP contribution in [0.15, 0.2) is 47.8 Å². The van der Waals surface area contributed by atoms with Crippen molar-refractivity contribution >= 4 is 40.2 Å². The molecule has 2 saturated heterocycles. The standard InChI is InChI=1S/C28H33ClN6O2/c1-4-10-20-11-6-7-12-23(20)35-26-21(17-22(29)27(30-26)32-13-8-9-14-32)25(31-28(35)37)34-16-15-33(18-19(34)3)24(36)5-2/h5-7,11-12,17,19H,2,4,8-10,13-16,18H2,1,3H3/t19-/m0/s1. The summed E-state index contributed by atoms with van der Waals surface area (Å²) in [6, 6.07) is 9.81. The first kappa shape index (κ1) is 25.3. The monoisotopic (exact) mass is 520 g/mol. The SMILES string of the molecule is C=CC(=O)N1CCN(c2nc(=O)n(-c3ccccc3CCC)c3nc(N4CCCC4)c(Cl)cc23)[C@@H](C)C1. The second-order valence-electron chi connectivity index (χ2n) is 9.82. The quantitative estimate of drug-likeness (QED) is 0.453. The molecular formula is C28H33ClN6O2. The van der Waals surface area contributed by atoms with Gasteiger partial charge in [0.2, 0.25) is 5.91 Å². The Kier molecular flexibility index (Phi) is 7.20. The van der Waals surface area contributed by atoms with Crippen LogP contribution in [0.2, 0.25) is 5.02 Å². The first-order chi connectivity index (χ1) is 17.9. The highest BCUT2D eigenvalue weighted by molar-refractivity contribution is 6.33. The number of halogens is 1. The van der Waals surface area contributed by atoms with Gasteiger partial charge in [0.15, 0.2) is 5.65 Å². The van der Waals surface area contributed by atoms with E-state index in [0.29, 0.717) is 41.9 Å². The molecule has 0 saturated carbocycles. The number of aromatic nitrogens is 3. The Morgan fingerprint density at radius 3 is 2.59 bits per heavy atom. The Balaban J connectivity index is 1.71. The van der Waals surface area contributed by atoms with E-state index in [1.807, 2.05) is 31.2 Å². The molecule has 3 aromatic rings. The third kappa shape index (κ3) is 4.70. The Morgan fingerprint density at radius 2 is 1.89 bits per heavy atom. The van der Waals surface area contributed by atoms with Gasteiger partial charge in [0.05, 0.1) is 16.1 Å². The molecule has 4 heterocycles. The normalized spacial score (nSPS) is 18.0. The average Bonchev–Trinajstić information content (AvgIpc) is 3.43. The summed E-state index contributed by atoms with van der Waals surface area (Å²) in [5.74, 6) is 1.18. The van der Waals surface area contributed by atoms with Crippen molar-refractivity contribution in [3.63, 3.8) is 0 Å². The molecular weight excluding hydrogens is 488 g/mol. The molecule has 9 heteroatoms. The van der Waals surface area contributed by atoms with E-state index in [2.05, 4.69) is 34.4 Å². The number of fused-ring (bicyclic) bond motifs is 1. The van der Waals surface area contributed by atoms with Gasteiger partial charge >= 0.3 is 5.69 Å². The molecule has 0 bridgehead atoms. The molecule has 1 atom stereocenters. The maximum absolute atomic E-state index is 13.8. The van der Waals surface area contributed by atoms with E-state index in [1.54, 1.807) is 9.47 Å². The van der Waals surface area contributed by atoms with Crippen molar-refractivity contribution in [1.82, 2.24) is 19.4 Å². The molecule has 2 fully saturated rings. The fourth-order valence-corrected chi connectivity index (χ4v) is 5.77. The lowest BCUT2D eigenvalue weighted by Gasteiger charge is -2.40. The van der Waals surface area contributed by atoms with Crippen LogP contribution in [0, 0.1) is 0 Å². The molecule has 2 aliphatic heterocycles. The predicted octanol–water partition coefficient (Wildman–Crippen LogP) is 4.21. The van der Waals surface area contributed by atoms with E-state index < -0.39 is 0 Å². The predicted molar refractivity (Wildman–Crippen MR) is 149 cm³/mol. The van der Waals surface area contributed by atoms with E-state index in [4.69, 9.17) is 16.6 Å². The number of hydrogen-bond donors (Lipinski definition) is 0. The Morgan fingerprint density at radius 1 is 1.14 bits per heavy atom. The molecule has 8 nitrogen and oxygen atoms in total. The largest absolute Gasteiger partial charge is 0.355 e. The number of aryl methyl sites for hydroxylation is 1. The second-order valence-corrected chi connectivity index (χ2v) is 10.2. The van der Waals surface area contributed by atoms with Crippen LogP contribution in [0.3, 0.4) is 0 Å². The zero-order valence-corrected chi connectivity index (χ0v) is 22.2. The number of para-hydroxylation sites is 1. The molecule has 1 aromatic carbocycles. The fourth-order valence-electron chi connectivity index (χ4n) is 5.49. The summed E-state index contributed by atoms with van der Waals surface area (Å²) in [4.78, 5) is 41.7. The fraction of sp³-hybridized carbons (Fsp3) is 0.429. The van der Waals surface area contributed by atoms with Crippen molar-refractivity contribution in [3.8, 4) is 5.69 Å². The van der Waals surface area contributed by atoms with Gasteiger partial charge in [-0.25, -0.2) is 14.3 Å². The van der Waals surface area contributed by atoms with Gasteiger partial charge < -0.3 is 14.7 Å². The summed E-state index contributed by atoms with van der Waals surface area (Å²) in [7, 11) is 0. The third-order valence-corrected chi connectivity index (χ3v) is 7.60. The van der Waals surface area contributed by atoms with Crippen LogP contribution in [0.25, 0.3) is 16.7 Å². The number of rotatable bonds is 6. The van der Waals surface area contributed by atoms with Crippen molar-refractivity contribution < 1.29 is 4.79 Å². The van der Waals surface area contributed by atoms with Crippen molar-refractivity contribution in [2.75, 3.05) is 42.5 Å². The molecule has 0 N–H and O–H groups in total. The van der Waals surface area contributed by atoms with Gasteiger partial charge in [0.1, 0.15) is 11.6 Å². The van der Waals surface area contributed by atoms with Gasteiger partial charge in [-0.15, -0.1) is 0 Å². The van der Waals surface area contributed by atoms with Crippen LogP contribution in [0.1, 0.15) is 38.7 Å². The summed E-state index contributed by atoms with van der Waals surface area (Å²) < 4.78 is 1.64. The Bertz CT molecular complexity index is 1400. The molecule has 2 aromatic heterocycles. The van der Waals surface area contributed by atoms with Gasteiger partial charge in [-0.2, -0.15) is 4.98 Å². The van der Waals surface area contributed by atoms with Gasteiger partial charge in [-0.1, -0.05) is 49.7 Å². The van der Waals surface area contributed by atoms with Gasteiger partial charge in [-0.05, 0) is 50.0 Å². The second kappa shape index (κ2) is 10.5. The number of benzene rings is 1. The number of carbonyl (C=O) groups excluding carboxylic acids is 1. The maximum Gasteiger partial charge on any atom is 0.355 e. The smallest absolute Gasteiger partial charge is 0.355 e. The molecule has 0 radical (unpaired) electrons. The van der Waals surface area contributed by atoms with Crippen LogP contribution in [-0.2, 0) is 11.2 Å². The minimum absolute atomic E-state index is 0.0481. The van der Waals surface area contributed by atoms with Crippen LogP contribution >= 0.6 is 11.6 Å². The Labute approximate surface area is 222 Å². The lowest BCUT2D eigenvalue weighted by molar-refractivity contribution is -0.126. The van der Waals surface area contributed by atoms with E-state index in [0.717, 1.165) is 55.4 Å². The number of amides is 1. The third-order valence-electron chi connectivity index (χ3n) is 7.33. The number of piperazine rings is 1. The molecule has 0 spiro atoms. The van der Waals surface area contributed by atoms with Gasteiger partial charge in [-0.3, -0.25) is 4.79 Å². The highest BCUT2D eigenvalue weighted by Crippen LogP contribution is 2.35. The highest BCUT2D eigenvalue weighted by atomic mass is 35.5. The summed E-state index contributed by atoms with van der Waals surface area (Å²) in [6.07, 6.45) is 5.33. The van der Waals surface area contributed by atoms with Crippen molar-refractivity contribution in [3.05, 3.63) is 64.1 Å². The van der Waals surface area contributed by atoms with Crippen molar-refractivity contribution in [2.45, 2.75) is 45.6 Å². The lowest BCUT2D eigenvalue weighted by Crippen LogP contribution is -2.54. The molecule has 1 amide bonds. The van der Waals surface area contributed by atoms with Crippen LogP contribution in [0.5, 0.6) is 0 Å². The summed E-state index contributed by atoms with van der Waals surface area (Å²) >= 11 is 6.83. The minimum Gasteiger partial charge on any atom is -0.355 e. The maximum atomic E-state index is 13.8. The molecule has 194 valence electrons. The van der Waals surface area contributed by atoms with E-state index in [1.165, 1.54) is 6.08 Å². The van der Waals surface area contributed by atoms with Crippen LogP contribution in [0.4, 0.5) is 11.6 Å². The number of hydrogen-bond acceptors (Lipinski definition) is 6. The molecule has 2 aliphatic rings. The molecule has 5 rings (SSSR count). The van der Waals surface area contributed by atoms with E-state index in [9.17, 15) is 9.59 Å². The summed E-state index contributed by atoms with van der Waals surface area (Å²) in [6.45, 7) is 11.1. The van der Waals surface area contributed by atoms with Gasteiger partial charge in [0.25, 0.3) is 0 Å². The topological polar surface area (TPSA) is 74.6 Å². The Hall–Kier alpha value is -3.39. The van der Waals surface area contributed by atoms with Crippen molar-refractivity contribution in [2.24, 2.45) is 0 Å². The van der Waals surface area contributed by atoms with Gasteiger partial charge in [0, 0.05) is 38.8 Å². The van der Waals surface area contributed by atoms with E-state index in [-0.39, 0.29) is 17.6 Å².